The Labute approximate surface area is 153 Å². The lowest BCUT2D eigenvalue weighted by atomic mass is 10.2. The average Bonchev–Trinajstić information content (AvgIpc) is 3.26. The van der Waals surface area contributed by atoms with Crippen LogP contribution in [0.25, 0.3) is 0 Å². The van der Waals surface area contributed by atoms with E-state index in [1.54, 1.807) is 11.3 Å². The van der Waals surface area contributed by atoms with Crippen LogP contribution in [0.4, 0.5) is 10.6 Å². The van der Waals surface area contributed by atoms with Crippen molar-refractivity contribution in [3.63, 3.8) is 0 Å². The van der Waals surface area contributed by atoms with E-state index in [1.165, 1.54) is 12.8 Å². The summed E-state index contributed by atoms with van der Waals surface area (Å²) < 4.78 is 1.95. The fraction of sp³-hybridized carbons (Fsp3) is 0.611. The van der Waals surface area contributed by atoms with E-state index in [0.717, 1.165) is 27.0 Å². The molecule has 0 aliphatic heterocycles. The summed E-state index contributed by atoms with van der Waals surface area (Å²) in [6, 6.07) is 0.119. The Morgan fingerprint density at radius 3 is 2.68 bits per heavy atom. The van der Waals surface area contributed by atoms with E-state index >= 15 is 0 Å². The first kappa shape index (κ1) is 17.9. The lowest BCUT2D eigenvalue weighted by molar-refractivity contribution is 0.251. The Bertz CT molecular complexity index is 760. The first-order chi connectivity index (χ1) is 11.9. The molecule has 2 aromatic heterocycles. The van der Waals surface area contributed by atoms with Gasteiger partial charge < -0.3 is 5.32 Å². The fourth-order valence-corrected chi connectivity index (χ4v) is 3.87. The lowest BCUT2D eigenvalue weighted by Crippen LogP contribution is -2.30. The predicted molar refractivity (Wildman–Crippen MR) is 101 cm³/mol. The number of aromatic nitrogens is 3. The van der Waals surface area contributed by atoms with Crippen LogP contribution in [-0.4, -0.2) is 20.8 Å². The van der Waals surface area contributed by atoms with Gasteiger partial charge in [0.05, 0.1) is 29.5 Å². The molecule has 1 aliphatic carbocycles. The SMILES string of the molecule is Cc1cnn(C(C)C2CC2)c1NC(=O)NCc1sc(C(C)C)nc1C. The molecule has 0 aromatic carbocycles. The van der Waals surface area contributed by atoms with Crippen molar-refractivity contribution in [2.75, 3.05) is 5.32 Å². The van der Waals surface area contributed by atoms with E-state index in [2.05, 4.69) is 41.5 Å². The second-order valence-electron chi connectivity index (χ2n) is 7.22. The maximum absolute atomic E-state index is 12.4. The summed E-state index contributed by atoms with van der Waals surface area (Å²) in [5, 5.41) is 11.5. The van der Waals surface area contributed by atoms with Crippen molar-refractivity contribution in [3.05, 3.63) is 27.3 Å². The van der Waals surface area contributed by atoms with Crippen LogP contribution >= 0.6 is 11.3 Å². The molecule has 7 heteroatoms. The van der Waals surface area contributed by atoms with Gasteiger partial charge in [0.1, 0.15) is 5.82 Å². The molecule has 1 unspecified atom stereocenters. The highest BCUT2D eigenvalue weighted by Crippen LogP contribution is 2.40. The molecule has 0 radical (unpaired) electrons. The topological polar surface area (TPSA) is 71.8 Å². The molecule has 2 N–H and O–H groups in total. The summed E-state index contributed by atoms with van der Waals surface area (Å²) in [5.41, 5.74) is 1.98. The number of carbonyl (C=O) groups excluding carboxylic acids is 1. The van der Waals surface area contributed by atoms with Crippen LogP contribution in [0, 0.1) is 19.8 Å². The Kier molecular flexibility index (Phi) is 5.13. The number of amides is 2. The number of carbonyl (C=O) groups is 1. The van der Waals surface area contributed by atoms with Crippen LogP contribution in [-0.2, 0) is 6.54 Å². The van der Waals surface area contributed by atoms with Crippen molar-refractivity contribution < 1.29 is 4.79 Å². The number of nitrogens with one attached hydrogen (secondary N) is 2. The number of nitrogens with zero attached hydrogens (tertiary/aromatic N) is 3. The van der Waals surface area contributed by atoms with Gasteiger partial charge in [0.25, 0.3) is 0 Å². The van der Waals surface area contributed by atoms with Crippen molar-refractivity contribution in [2.45, 2.75) is 66.0 Å². The first-order valence-corrected chi connectivity index (χ1v) is 9.73. The summed E-state index contributed by atoms with van der Waals surface area (Å²) in [4.78, 5) is 18.1. The zero-order valence-corrected chi connectivity index (χ0v) is 16.4. The highest BCUT2D eigenvalue weighted by Gasteiger charge is 2.31. The van der Waals surface area contributed by atoms with E-state index in [0.29, 0.717) is 24.4 Å². The van der Waals surface area contributed by atoms with E-state index in [-0.39, 0.29) is 6.03 Å². The van der Waals surface area contributed by atoms with Gasteiger partial charge in [0.2, 0.25) is 0 Å². The zero-order chi connectivity index (χ0) is 18.1. The largest absolute Gasteiger partial charge is 0.333 e. The second-order valence-corrected chi connectivity index (χ2v) is 8.34. The standard InChI is InChI=1S/C18H27N5OS/c1-10(2)17-21-12(4)15(25-17)9-19-18(24)22-16-11(3)8-20-23(16)13(5)14-6-7-14/h8,10,13-14H,6-7,9H2,1-5H3,(H2,19,22,24). The van der Waals surface area contributed by atoms with E-state index in [1.807, 2.05) is 24.7 Å². The number of anilines is 1. The Morgan fingerprint density at radius 2 is 2.08 bits per heavy atom. The molecule has 0 bridgehead atoms. The highest BCUT2D eigenvalue weighted by atomic mass is 32.1. The van der Waals surface area contributed by atoms with Gasteiger partial charge in [-0.25, -0.2) is 14.5 Å². The summed E-state index contributed by atoms with van der Waals surface area (Å²) in [6.45, 7) is 10.9. The van der Waals surface area contributed by atoms with Gasteiger partial charge in [0, 0.05) is 16.4 Å². The summed E-state index contributed by atoms with van der Waals surface area (Å²) in [7, 11) is 0. The molecule has 2 aromatic rings. The third-order valence-corrected chi connectivity index (χ3v) is 6.17. The van der Waals surface area contributed by atoms with Crippen molar-refractivity contribution in [3.8, 4) is 0 Å². The number of hydrogen-bond acceptors (Lipinski definition) is 4. The molecule has 2 heterocycles. The van der Waals surface area contributed by atoms with Gasteiger partial charge in [0.15, 0.2) is 0 Å². The zero-order valence-electron chi connectivity index (χ0n) is 15.6. The average molecular weight is 362 g/mol. The van der Waals surface area contributed by atoms with Crippen LogP contribution < -0.4 is 10.6 Å². The number of urea groups is 1. The second kappa shape index (κ2) is 7.15. The molecule has 1 fully saturated rings. The molecule has 1 saturated carbocycles. The number of hydrogen-bond donors (Lipinski definition) is 2. The Hall–Kier alpha value is -1.89. The summed E-state index contributed by atoms with van der Waals surface area (Å²) >= 11 is 1.67. The molecular weight excluding hydrogens is 334 g/mol. The molecule has 6 nitrogen and oxygen atoms in total. The van der Waals surface area contributed by atoms with E-state index in [4.69, 9.17) is 0 Å². The van der Waals surface area contributed by atoms with Crippen molar-refractivity contribution in [1.29, 1.82) is 0 Å². The minimum absolute atomic E-state index is 0.202. The van der Waals surface area contributed by atoms with Crippen molar-refractivity contribution >= 4 is 23.2 Å². The van der Waals surface area contributed by atoms with Crippen LogP contribution in [0.1, 0.15) is 66.7 Å². The minimum Gasteiger partial charge on any atom is -0.333 e. The number of aryl methyl sites for hydroxylation is 2. The van der Waals surface area contributed by atoms with E-state index < -0.39 is 0 Å². The number of rotatable bonds is 6. The molecule has 136 valence electrons. The smallest absolute Gasteiger partial charge is 0.320 e. The van der Waals surface area contributed by atoms with Gasteiger partial charge in [-0.3, -0.25) is 5.32 Å². The van der Waals surface area contributed by atoms with Crippen LogP contribution in [0.2, 0.25) is 0 Å². The van der Waals surface area contributed by atoms with Gasteiger partial charge in [-0.2, -0.15) is 5.10 Å². The summed E-state index contributed by atoms with van der Waals surface area (Å²) in [5.74, 6) is 1.88. The number of thiazole rings is 1. The molecule has 25 heavy (non-hydrogen) atoms. The molecule has 0 spiro atoms. The molecular formula is C18H27N5OS. The maximum Gasteiger partial charge on any atom is 0.320 e. The third kappa shape index (κ3) is 4.03. The lowest BCUT2D eigenvalue weighted by Gasteiger charge is -2.16. The van der Waals surface area contributed by atoms with Gasteiger partial charge in [-0.1, -0.05) is 13.8 Å². The maximum atomic E-state index is 12.4. The quantitative estimate of drug-likeness (QED) is 0.802. The molecule has 1 aliphatic rings. The third-order valence-electron chi connectivity index (χ3n) is 4.71. The molecule has 3 rings (SSSR count). The van der Waals surface area contributed by atoms with Gasteiger partial charge in [-0.05, 0) is 39.5 Å². The monoisotopic (exact) mass is 361 g/mol. The van der Waals surface area contributed by atoms with Crippen LogP contribution in [0.3, 0.4) is 0 Å². The van der Waals surface area contributed by atoms with Gasteiger partial charge >= 0.3 is 6.03 Å². The van der Waals surface area contributed by atoms with Crippen molar-refractivity contribution in [1.82, 2.24) is 20.1 Å². The summed E-state index contributed by atoms with van der Waals surface area (Å²) in [6.07, 6.45) is 4.31. The van der Waals surface area contributed by atoms with Crippen molar-refractivity contribution in [2.24, 2.45) is 5.92 Å². The molecule has 2 amide bonds. The molecule has 1 atom stereocenters. The highest BCUT2D eigenvalue weighted by molar-refractivity contribution is 7.11. The van der Waals surface area contributed by atoms with E-state index in [9.17, 15) is 4.79 Å². The van der Waals surface area contributed by atoms with Gasteiger partial charge in [-0.15, -0.1) is 11.3 Å². The fourth-order valence-electron chi connectivity index (χ4n) is 2.87. The normalized spacial score (nSPS) is 15.4. The Balaban J connectivity index is 1.62. The first-order valence-electron chi connectivity index (χ1n) is 8.92. The Morgan fingerprint density at radius 1 is 1.36 bits per heavy atom. The van der Waals surface area contributed by atoms with Crippen LogP contribution in [0.15, 0.2) is 6.20 Å². The predicted octanol–water partition coefficient (Wildman–Crippen LogP) is 4.37. The van der Waals surface area contributed by atoms with Crippen LogP contribution in [0.5, 0.6) is 0 Å². The molecule has 0 saturated heterocycles. The minimum atomic E-state index is -0.202.